The second-order valence-electron chi connectivity index (χ2n) is 13.3. The van der Waals surface area contributed by atoms with E-state index in [-0.39, 0.29) is 43.5 Å². The molecular formula is C36H44N6O4S. The number of hydrogen-bond donors (Lipinski definition) is 1. The number of aliphatic hydroxyl groups excluding tert-OH is 1. The number of carbonyl (C=O) groups excluding carboxylic acids is 3. The zero-order valence-corrected chi connectivity index (χ0v) is 28.2. The summed E-state index contributed by atoms with van der Waals surface area (Å²) in [5.41, 5.74) is 2.24. The lowest BCUT2D eigenvalue weighted by atomic mass is 9.66. The molecule has 7 atom stereocenters. The molecule has 3 saturated heterocycles. The van der Waals surface area contributed by atoms with Gasteiger partial charge in [-0.15, -0.1) is 30.0 Å². The van der Waals surface area contributed by atoms with Gasteiger partial charge in [-0.1, -0.05) is 68.0 Å². The molecule has 3 amide bonds. The Labute approximate surface area is 280 Å². The molecule has 0 saturated carbocycles. The van der Waals surface area contributed by atoms with Crippen LogP contribution in [0.2, 0.25) is 0 Å². The number of para-hydroxylation sites is 2. The molecule has 4 heterocycles. The first-order valence-electron chi connectivity index (χ1n) is 16.4. The Morgan fingerprint density at radius 2 is 1.79 bits per heavy atom. The van der Waals surface area contributed by atoms with Gasteiger partial charge in [-0.05, 0) is 49.9 Å². The first-order valence-corrected chi connectivity index (χ1v) is 17.3. The maximum Gasteiger partial charge on any atom is 0.248 e. The Bertz CT molecular complexity index is 1680. The average Bonchev–Trinajstić information content (AvgIpc) is 3.79. The van der Waals surface area contributed by atoms with E-state index in [9.17, 15) is 14.7 Å². The van der Waals surface area contributed by atoms with Gasteiger partial charge in [0.1, 0.15) is 18.2 Å². The molecule has 6 rings (SSSR count). The van der Waals surface area contributed by atoms with Crippen LogP contribution in [0.3, 0.4) is 0 Å². The topological polar surface area (TPSA) is 112 Å². The second-order valence-corrected chi connectivity index (χ2v) is 15.1. The van der Waals surface area contributed by atoms with E-state index in [2.05, 4.69) is 30.4 Å². The summed E-state index contributed by atoms with van der Waals surface area (Å²) < 4.78 is 0.294. The van der Waals surface area contributed by atoms with Crippen molar-refractivity contribution in [3.05, 3.63) is 79.9 Å². The highest BCUT2D eigenvalue weighted by molar-refractivity contribution is 8.02. The number of fused-ring (bicyclic) bond motifs is 2. The molecule has 3 aromatic rings. The molecular weight excluding hydrogens is 613 g/mol. The maximum absolute atomic E-state index is 15.1. The smallest absolute Gasteiger partial charge is 0.248 e. The molecule has 10 nitrogen and oxygen atoms in total. The molecule has 11 heteroatoms. The van der Waals surface area contributed by atoms with Crippen LogP contribution in [0.15, 0.2) is 79.9 Å². The fraction of sp³-hybridized carbons (Fsp3) is 0.472. The van der Waals surface area contributed by atoms with Crippen LogP contribution in [0.5, 0.6) is 0 Å². The molecule has 3 aliphatic rings. The summed E-state index contributed by atoms with van der Waals surface area (Å²) >= 11 is 1.63. The number of anilines is 1. The van der Waals surface area contributed by atoms with Gasteiger partial charge in [0.2, 0.25) is 17.7 Å². The van der Waals surface area contributed by atoms with E-state index >= 15 is 4.79 Å². The average molecular weight is 657 g/mol. The fourth-order valence-electron chi connectivity index (χ4n) is 8.15. The van der Waals surface area contributed by atoms with Crippen LogP contribution in [0.25, 0.3) is 11.0 Å². The summed E-state index contributed by atoms with van der Waals surface area (Å²) in [5, 5.41) is 19.4. The summed E-state index contributed by atoms with van der Waals surface area (Å²) in [4.78, 5) is 49.8. The largest absolute Gasteiger partial charge is 0.394 e. The molecule has 248 valence electrons. The molecule has 3 fully saturated rings. The standard InChI is InChI=1S/C36H44N6O4S/c1-6-20-39(23-41-27-17-13-12-16-26(27)37-38-41)34(46)31-36-19-18-35(5,47-36)29(30(36)33(45)42(31)28(22-43)24(4)8-3)32(44)40(21-7-2)25-14-10-9-11-15-25/h6-7,9-17,24,28-31,43H,1-2,8,18-23H2,3-5H3/t24-,28-,29-,30-,31?,35+,36?/m0/s1. The zero-order valence-electron chi connectivity index (χ0n) is 27.4. The van der Waals surface area contributed by atoms with Crippen LogP contribution >= 0.6 is 11.8 Å². The quantitative estimate of drug-likeness (QED) is 0.270. The van der Waals surface area contributed by atoms with Crippen LogP contribution in [-0.4, -0.2) is 88.9 Å². The predicted octanol–water partition coefficient (Wildman–Crippen LogP) is 4.51. The highest BCUT2D eigenvalue weighted by atomic mass is 32.2. The highest BCUT2D eigenvalue weighted by Gasteiger charge is 2.78. The second kappa shape index (κ2) is 12.9. The van der Waals surface area contributed by atoms with Crippen molar-refractivity contribution in [3.63, 3.8) is 0 Å². The van der Waals surface area contributed by atoms with Crippen molar-refractivity contribution >= 4 is 46.2 Å². The monoisotopic (exact) mass is 656 g/mol. The van der Waals surface area contributed by atoms with Crippen LogP contribution in [0.1, 0.15) is 40.0 Å². The number of hydrogen-bond acceptors (Lipinski definition) is 7. The zero-order chi connectivity index (χ0) is 33.5. The first-order chi connectivity index (χ1) is 22.7. The molecule has 47 heavy (non-hydrogen) atoms. The maximum atomic E-state index is 15.1. The minimum absolute atomic E-state index is 0.0740. The van der Waals surface area contributed by atoms with Crippen molar-refractivity contribution in [2.24, 2.45) is 17.8 Å². The van der Waals surface area contributed by atoms with Crippen molar-refractivity contribution < 1.29 is 19.5 Å². The van der Waals surface area contributed by atoms with E-state index in [0.717, 1.165) is 11.2 Å². The fourth-order valence-corrected chi connectivity index (χ4v) is 10.5. The molecule has 2 bridgehead atoms. The third-order valence-electron chi connectivity index (χ3n) is 10.6. The van der Waals surface area contributed by atoms with Gasteiger partial charge in [-0.25, -0.2) is 4.68 Å². The molecule has 1 aromatic heterocycles. The number of aromatic nitrogens is 3. The predicted molar refractivity (Wildman–Crippen MR) is 184 cm³/mol. The Morgan fingerprint density at radius 1 is 1.09 bits per heavy atom. The number of likely N-dealkylation sites (tertiary alicyclic amines) is 1. The van der Waals surface area contributed by atoms with Crippen LogP contribution in [-0.2, 0) is 21.1 Å². The van der Waals surface area contributed by atoms with Crippen molar-refractivity contribution in [3.8, 4) is 0 Å². The molecule has 0 aliphatic carbocycles. The van der Waals surface area contributed by atoms with E-state index < -0.39 is 33.4 Å². The Hall–Kier alpha value is -3.96. The summed E-state index contributed by atoms with van der Waals surface area (Å²) in [7, 11) is 0. The Morgan fingerprint density at radius 3 is 2.47 bits per heavy atom. The number of rotatable bonds is 13. The lowest BCUT2D eigenvalue weighted by Gasteiger charge is -2.41. The minimum atomic E-state index is -0.880. The van der Waals surface area contributed by atoms with E-state index in [1.54, 1.807) is 43.3 Å². The number of amides is 3. The number of nitrogens with zero attached hydrogens (tertiary/aromatic N) is 6. The Kier molecular flexibility index (Phi) is 9.06. The van der Waals surface area contributed by atoms with Crippen molar-refractivity contribution in [2.45, 2.75) is 68.3 Å². The first kappa shape index (κ1) is 33.0. The number of thioether (sulfide) groups is 1. The summed E-state index contributed by atoms with van der Waals surface area (Å²) in [5.74, 6) is -2.06. The van der Waals surface area contributed by atoms with Crippen molar-refractivity contribution in [1.82, 2.24) is 24.8 Å². The van der Waals surface area contributed by atoms with Gasteiger partial charge in [0.05, 0.1) is 34.7 Å². The molecule has 0 radical (unpaired) electrons. The number of aliphatic hydroxyl groups is 1. The van der Waals surface area contributed by atoms with E-state index in [1.807, 2.05) is 68.4 Å². The molecule has 2 aromatic carbocycles. The van der Waals surface area contributed by atoms with Gasteiger partial charge in [0.15, 0.2) is 0 Å². The van der Waals surface area contributed by atoms with Crippen molar-refractivity contribution in [1.29, 1.82) is 0 Å². The normalized spacial score (nSPS) is 27.4. The van der Waals surface area contributed by atoms with Crippen molar-refractivity contribution in [2.75, 3.05) is 24.6 Å². The third kappa shape index (κ3) is 5.27. The van der Waals surface area contributed by atoms with E-state index in [0.29, 0.717) is 31.3 Å². The SMILES string of the molecule is C=CCN(Cn1nnc2ccccc21)C(=O)C1N([C@@H](CO)[C@@H](C)CC)C(=O)[C@@H]2[C@@H](C(=O)N(CC=C)c3ccccc3)[C@@]3(C)CCC12S3. The van der Waals surface area contributed by atoms with Crippen LogP contribution < -0.4 is 4.90 Å². The van der Waals surface area contributed by atoms with Gasteiger partial charge < -0.3 is 19.8 Å². The minimum Gasteiger partial charge on any atom is -0.394 e. The summed E-state index contributed by atoms with van der Waals surface area (Å²) in [6, 6.07) is 15.6. The third-order valence-corrected chi connectivity index (χ3v) is 12.6. The summed E-state index contributed by atoms with van der Waals surface area (Å²) in [6.45, 7) is 14.3. The summed E-state index contributed by atoms with van der Waals surface area (Å²) in [6.07, 6.45) is 5.38. The van der Waals surface area contributed by atoms with Crippen LogP contribution in [0.4, 0.5) is 5.69 Å². The lowest BCUT2D eigenvalue weighted by Crippen LogP contribution is -2.58. The van der Waals surface area contributed by atoms with E-state index in [4.69, 9.17) is 0 Å². The van der Waals surface area contributed by atoms with Gasteiger partial charge in [-0.3, -0.25) is 14.4 Å². The van der Waals surface area contributed by atoms with Gasteiger partial charge in [-0.2, -0.15) is 0 Å². The Balaban J connectivity index is 1.45. The lowest BCUT2D eigenvalue weighted by molar-refractivity contribution is -0.147. The molecule has 2 unspecified atom stereocenters. The highest BCUT2D eigenvalue weighted by Crippen LogP contribution is 2.72. The number of carbonyl (C=O) groups is 3. The molecule has 1 N–H and O–H groups in total. The molecule has 3 aliphatic heterocycles. The van der Waals surface area contributed by atoms with E-state index in [1.165, 1.54) is 0 Å². The number of benzene rings is 2. The van der Waals surface area contributed by atoms with Gasteiger partial charge >= 0.3 is 0 Å². The molecule has 1 spiro atoms. The van der Waals surface area contributed by atoms with Gasteiger partial charge in [0.25, 0.3) is 0 Å². The van der Waals surface area contributed by atoms with Crippen LogP contribution in [0, 0.1) is 17.8 Å². The van der Waals surface area contributed by atoms with Gasteiger partial charge in [0, 0.05) is 23.5 Å².